The smallest absolute Gasteiger partial charge is 0.426 e. The van der Waals surface area contributed by atoms with E-state index in [4.69, 9.17) is 4.74 Å². The van der Waals surface area contributed by atoms with E-state index in [1.807, 2.05) is 36.4 Å². The van der Waals surface area contributed by atoms with E-state index < -0.39 is 17.7 Å². The summed E-state index contributed by atoms with van der Waals surface area (Å²) in [5.41, 5.74) is -2.55. The first-order chi connectivity index (χ1) is 11.2. The molecule has 0 saturated carbocycles. The minimum absolute atomic E-state index is 0.0264. The number of halogens is 3. The van der Waals surface area contributed by atoms with Gasteiger partial charge in [0.05, 0.1) is 7.11 Å². The number of hydrogen-bond donors (Lipinski definition) is 2. The molecule has 1 amide bonds. The zero-order chi connectivity index (χ0) is 18.0. The van der Waals surface area contributed by atoms with Crippen molar-refractivity contribution < 1.29 is 27.8 Å². The number of amides is 1. The maximum atomic E-state index is 12.6. The number of fused-ring (bicyclic) bond motifs is 1. The zero-order valence-corrected chi connectivity index (χ0v) is 13.3. The third kappa shape index (κ3) is 3.62. The highest BCUT2D eigenvalue weighted by Crippen LogP contribution is 2.30. The van der Waals surface area contributed by atoms with Crippen LogP contribution in [0.25, 0.3) is 10.8 Å². The van der Waals surface area contributed by atoms with E-state index in [2.05, 4.69) is 5.32 Å². The second kappa shape index (κ2) is 6.68. The van der Waals surface area contributed by atoms with Crippen LogP contribution < -0.4 is 10.1 Å². The van der Waals surface area contributed by atoms with Gasteiger partial charge in [-0.2, -0.15) is 13.2 Å². The normalized spacial score (nSPS) is 14.2. The van der Waals surface area contributed by atoms with Gasteiger partial charge in [-0.25, -0.2) is 0 Å². The number of carbonyl (C=O) groups is 1. The summed E-state index contributed by atoms with van der Waals surface area (Å²) in [6.45, 7) is 0.409. The van der Waals surface area contributed by atoms with Crippen molar-refractivity contribution in [2.45, 2.75) is 25.1 Å². The van der Waals surface area contributed by atoms with Crippen LogP contribution in [0, 0.1) is 0 Å². The van der Waals surface area contributed by atoms with Crippen molar-refractivity contribution in [1.29, 1.82) is 0 Å². The molecule has 2 N–H and O–H groups in total. The number of hydrogen-bond acceptors (Lipinski definition) is 3. The fourth-order valence-electron chi connectivity index (χ4n) is 2.27. The molecule has 1 atom stereocenters. The molecule has 2 rings (SSSR count). The fraction of sp³-hybridized carbons (Fsp3) is 0.353. The lowest BCUT2D eigenvalue weighted by Gasteiger charge is -2.24. The maximum absolute atomic E-state index is 12.6. The Balaban J connectivity index is 2.10. The minimum Gasteiger partial charge on any atom is -0.497 e. The van der Waals surface area contributed by atoms with Crippen molar-refractivity contribution in [2.24, 2.45) is 0 Å². The molecule has 130 valence electrons. The highest BCUT2D eigenvalue weighted by atomic mass is 19.4. The molecular formula is C17H18F3NO3. The second-order valence-electron chi connectivity index (χ2n) is 5.58. The Morgan fingerprint density at radius 3 is 2.58 bits per heavy atom. The van der Waals surface area contributed by atoms with Crippen LogP contribution in [0.4, 0.5) is 13.2 Å². The fourth-order valence-corrected chi connectivity index (χ4v) is 2.27. The Bertz CT molecular complexity index is 741. The first-order valence-corrected chi connectivity index (χ1v) is 7.30. The van der Waals surface area contributed by atoms with Crippen molar-refractivity contribution in [1.82, 2.24) is 5.32 Å². The first-order valence-electron chi connectivity index (χ1n) is 7.30. The van der Waals surface area contributed by atoms with Gasteiger partial charge < -0.3 is 15.2 Å². The van der Waals surface area contributed by atoms with Gasteiger partial charge in [0.2, 0.25) is 5.60 Å². The molecule has 4 nitrogen and oxygen atoms in total. The van der Waals surface area contributed by atoms with Crippen molar-refractivity contribution in [3.8, 4) is 5.75 Å². The predicted octanol–water partition coefficient (Wildman–Crippen LogP) is 2.82. The van der Waals surface area contributed by atoms with E-state index >= 15 is 0 Å². The standard InChI is InChI=1S/C17H18F3NO3/c1-16(23,17(18,19)20)15(22)21-9-8-12-5-3-4-11-6-7-13(24-2)10-14(11)12/h3-7,10,23H,8-9H2,1-2H3,(H,21,22). The molecule has 0 spiro atoms. The average molecular weight is 341 g/mol. The summed E-state index contributed by atoms with van der Waals surface area (Å²) in [7, 11) is 1.54. The molecule has 7 heteroatoms. The molecule has 2 aromatic carbocycles. The molecule has 24 heavy (non-hydrogen) atoms. The van der Waals surface area contributed by atoms with Gasteiger partial charge in [-0.15, -0.1) is 0 Å². The Morgan fingerprint density at radius 1 is 1.25 bits per heavy atom. The lowest BCUT2D eigenvalue weighted by Crippen LogP contribution is -2.55. The van der Waals surface area contributed by atoms with E-state index in [0.717, 1.165) is 16.3 Å². The molecule has 0 fully saturated rings. The molecular weight excluding hydrogens is 323 g/mol. The second-order valence-corrected chi connectivity index (χ2v) is 5.58. The van der Waals surface area contributed by atoms with Gasteiger partial charge in [0.15, 0.2) is 0 Å². The van der Waals surface area contributed by atoms with Gasteiger partial charge >= 0.3 is 6.18 Å². The van der Waals surface area contributed by atoms with Crippen molar-refractivity contribution in [3.05, 3.63) is 42.0 Å². The topological polar surface area (TPSA) is 58.6 Å². The van der Waals surface area contributed by atoms with Gasteiger partial charge in [-0.1, -0.05) is 24.3 Å². The third-order valence-electron chi connectivity index (χ3n) is 3.85. The molecule has 1 unspecified atom stereocenters. The Morgan fingerprint density at radius 2 is 1.96 bits per heavy atom. The summed E-state index contributed by atoms with van der Waals surface area (Å²) in [4.78, 5) is 11.6. The summed E-state index contributed by atoms with van der Waals surface area (Å²) in [5, 5.41) is 13.3. The Kier molecular flexibility index (Phi) is 5.03. The van der Waals surface area contributed by atoms with Crippen LogP contribution in [0.15, 0.2) is 36.4 Å². The van der Waals surface area contributed by atoms with E-state index in [-0.39, 0.29) is 6.54 Å². The SMILES string of the molecule is COc1ccc2cccc(CCNC(=O)C(C)(O)C(F)(F)F)c2c1. The quantitative estimate of drug-likeness (QED) is 0.879. The molecule has 0 radical (unpaired) electrons. The highest BCUT2D eigenvalue weighted by molar-refractivity contribution is 5.87. The monoisotopic (exact) mass is 341 g/mol. The van der Waals surface area contributed by atoms with E-state index in [1.54, 1.807) is 7.11 Å². The molecule has 0 heterocycles. The van der Waals surface area contributed by atoms with Gasteiger partial charge in [-0.3, -0.25) is 4.79 Å². The van der Waals surface area contributed by atoms with Gasteiger partial charge in [0, 0.05) is 6.54 Å². The van der Waals surface area contributed by atoms with Crippen LogP contribution in [0.2, 0.25) is 0 Å². The number of carbonyl (C=O) groups excluding carboxylic acids is 1. The van der Waals surface area contributed by atoms with Crippen LogP contribution >= 0.6 is 0 Å². The number of alkyl halides is 3. The van der Waals surface area contributed by atoms with Crippen LogP contribution in [0.1, 0.15) is 12.5 Å². The van der Waals surface area contributed by atoms with Crippen LogP contribution in [0.5, 0.6) is 5.75 Å². The first kappa shape index (κ1) is 18.1. The molecule has 0 aliphatic heterocycles. The van der Waals surface area contributed by atoms with Gasteiger partial charge in [0.1, 0.15) is 5.75 Å². The largest absolute Gasteiger partial charge is 0.497 e. The predicted molar refractivity (Wildman–Crippen MR) is 83.9 cm³/mol. The number of methoxy groups -OCH3 is 1. The van der Waals surface area contributed by atoms with Crippen LogP contribution in [-0.4, -0.2) is 36.4 Å². The number of ether oxygens (including phenoxy) is 1. The molecule has 0 aliphatic carbocycles. The van der Waals surface area contributed by atoms with Crippen molar-refractivity contribution >= 4 is 16.7 Å². The number of aliphatic hydroxyl groups is 1. The van der Waals surface area contributed by atoms with Crippen molar-refractivity contribution in [3.63, 3.8) is 0 Å². The number of nitrogens with one attached hydrogen (secondary N) is 1. The highest BCUT2D eigenvalue weighted by Gasteiger charge is 2.55. The van der Waals surface area contributed by atoms with E-state index in [9.17, 15) is 23.1 Å². The average Bonchev–Trinajstić information content (AvgIpc) is 2.53. The summed E-state index contributed by atoms with van der Waals surface area (Å²) in [6.07, 6.45) is -4.70. The summed E-state index contributed by atoms with van der Waals surface area (Å²) in [6, 6.07) is 11.1. The molecule has 0 aromatic heterocycles. The minimum atomic E-state index is -5.02. The van der Waals surface area contributed by atoms with E-state index in [1.165, 1.54) is 0 Å². The lowest BCUT2D eigenvalue weighted by molar-refractivity contribution is -0.245. The molecule has 0 aliphatic rings. The summed E-state index contributed by atoms with van der Waals surface area (Å²) >= 11 is 0. The van der Waals surface area contributed by atoms with Crippen LogP contribution in [-0.2, 0) is 11.2 Å². The van der Waals surface area contributed by atoms with Crippen LogP contribution in [0.3, 0.4) is 0 Å². The number of rotatable bonds is 5. The van der Waals surface area contributed by atoms with Gasteiger partial charge in [0.25, 0.3) is 5.91 Å². The summed E-state index contributed by atoms with van der Waals surface area (Å²) < 4.78 is 43.0. The van der Waals surface area contributed by atoms with Crippen molar-refractivity contribution in [2.75, 3.05) is 13.7 Å². The lowest BCUT2D eigenvalue weighted by atomic mass is 10.0. The maximum Gasteiger partial charge on any atom is 0.426 e. The molecule has 0 saturated heterocycles. The van der Waals surface area contributed by atoms with E-state index in [0.29, 0.717) is 19.1 Å². The number of benzene rings is 2. The molecule has 2 aromatic rings. The van der Waals surface area contributed by atoms with Gasteiger partial charge in [-0.05, 0) is 41.8 Å². The third-order valence-corrected chi connectivity index (χ3v) is 3.85. The Labute approximate surface area is 137 Å². The zero-order valence-electron chi connectivity index (χ0n) is 13.3. The summed E-state index contributed by atoms with van der Waals surface area (Å²) in [5.74, 6) is -0.799. The molecule has 0 bridgehead atoms. The Hall–Kier alpha value is -2.28.